The summed E-state index contributed by atoms with van der Waals surface area (Å²) < 4.78 is 4.17. The molecule has 1 unspecified atom stereocenters. The summed E-state index contributed by atoms with van der Waals surface area (Å²) in [6, 6.07) is 0. The molecule has 0 radical (unpaired) electrons. The molecule has 0 rings (SSSR count). The standard InChI is InChI=1S/C4H8O3.C4H8O2/c1-3(5)7-4(2)6;1-2-3-4(5)6/h3,5H,1-2H3;2-3H2,1H3,(H,5,6). The minimum Gasteiger partial charge on any atom is -0.481 e. The highest BCUT2D eigenvalue weighted by atomic mass is 16.6. The minimum absolute atomic E-state index is 0.292. The third-order valence-corrected chi connectivity index (χ3v) is 0.800. The molecule has 0 aliphatic heterocycles. The lowest BCUT2D eigenvalue weighted by atomic mass is 10.4. The van der Waals surface area contributed by atoms with Crippen molar-refractivity contribution in [2.45, 2.75) is 39.9 Å². The number of aliphatic hydroxyl groups is 1. The van der Waals surface area contributed by atoms with Crippen molar-refractivity contribution in [1.29, 1.82) is 0 Å². The molecule has 2 N–H and O–H groups in total. The van der Waals surface area contributed by atoms with Crippen molar-refractivity contribution in [3.05, 3.63) is 0 Å². The SMILES string of the molecule is CC(=O)OC(C)O.CCCC(=O)O. The van der Waals surface area contributed by atoms with E-state index in [1.165, 1.54) is 13.8 Å². The van der Waals surface area contributed by atoms with E-state index in [4.69, 9.17) is 10.2 Å². The van der Waals surface area contributed by atoms with Gasteiger partial charge >= 0.3 is 11.9 Å². The van der Waals surface area contributed by atoms with E-state index in [0.29, 0.717) is 6.42 Å². The fraction of sp³-hybridized carbons (Fsp3) is 0.750. The molecule has 5 heteroatoms. The predicted molar refractivity (Wildman–Crippen MR) is 46.0 cm³/mol. The summed E-state index contributed by atoms with van der Waals surface area (Å²) in [4.78, 5) is 19.5. The highest BCUT2D eigenvalue weighted by Crippen LogP contribution is 1.82. The van der Waals surface area contributed by atoms with Crippen molar-refractivity contribution in [1.82, 2.24) is 0 Å². The van der Waals surface area contributed by atoms with Gasteiger partial charge in [-0.15, -0.1) is 0 Å². The van der Waals surface area contributed by atoms with E-state index in [2.05, 4.69) is 4.74 Å². The number of hydrogen-bond acceptors (Lipinski definition) is 4. The van der Waals surface area contributed by atoms with Gasteiger partial charge in [0.1, 0.15) is 0 Å². The first-order valence-electron chi connectivity index (χ1n) is 3.97. The maximum absolute atomic E-state index is 9.87. The fourth-order valence-corrected chi connectivity index (χ4v) is 0.454. The molecule has 0 aliphatic rings. The number of carboxylic acid groups (broad SMARTS) is 1. The third kappa shape index (κ3) is 24.8. The van der Waals surface area contributed by atoms with Crippen LogP contribution in [0.3, 0.4) is 0 Å². The number of carbonyl (C=O) groups is 2. The lowest BCUT2D eigenvalue weighted by Gasteiger charge is -2.00. The molecule has 5 nitrogen and oxygen atoms in total. The van der Waals surface area contributed by atoms with Crippen molar-refractivity contribution >= 4 is 11.9 Å². The molecule has 0 heterocycles. The topological polar surface area (TPSA) is 83.8 Å². The second-order valence-electron chi connectivity index (χ2n) is 2.35. The molecule has 0 aromatic carbocycles. The second-order valence-corrected chi connectivity index (χ2v) is 2.35. The summed E-state index contributed by atoms with van der Waals surface area (Å²) in [5, 5.41) is 16.2. The van der Waals surface area contributed by atoms with Crippen LogP contribution in [0, 0.1) is 0 Å². The lowest BCUT2D eigenvalue weighted by Crippen LogP contribution is -2.09. The average molecular weight is 192 g/mol. The van der Waals surface area contributed by atoms with Gasteiger partial charge in [-0.05, 0) is 13.3 Å². The van der Waals surface area contributed by atoms with Crippen LogP contribution in [-0.2, 0) is 14.3 Å². The molecule has 1 atom stereocenters. The van der Waals surface area contributed by atoms with Gasteiger partial charge in [-0.2, -0.15) is 0 Å². The number of aliphatic carboxylic acids is 1. The summed E-state index contributed by atoms with van der Waals surface area (Å²) in [6.45, 7) is 4.46. The summed E-state index contributed by atoms with van der Waals surface area (Å²) in [7, 11) is 0. The number of hydrogen-bond donors (Lipinski definition) is 2. The Morgan fingerprint density at radius 1 is 1.46 bits per heavy atom. The van der Waals surface area contributed by atoms with Crippen LogP contribution in [0.2, 0.25) is 0 Å². The van der Waals surface area contributed by atoms with E-state index in [9.17, 15) is 9.59 Å². The van der Waals surface area contributed by atoms with Crippen LogP contribution in [0.25, 0.3) is 0 Å². The van der Waals surface area contributed by atoms with Crippen molar-refractivity contribution < 1.29 is 24.5 Å². The maximum atomic E-state index is 9.87. The highest BCUT2D eigenvalue weighted by molar-refractivity contribution is 5.66. The Labute approximate surface area is 77.3 Å². The maximum Gasteiger partial charge on any atom is 0.304 e. The summed E-state index contributed by atoms with van der Waals surface area (Å²) >= 11 is 0. The van der Waals surface area contributed by atoms with E-state index < -0.39 is 18.2 Å². The highest BCUT2D eigenvalue weighted by Gasteiger charge is 1.95. The molecule has 0 aromatic heterocycles. The average Bonchev–Trinajstić information content (AvgIpc) is 1.83. The first-order valence-corrected chi connectivity index (χ1v) is 3.97. The van der Waals surface area contributed by atoms with Gasteiger partial charge in [0.05, 0.1) is 0 Å². The van der Waals surface area contributed by atoms with Gasteiger partial charge in [-0.3, -0.25) is 9.59 Å². The van der Waals surface area contributed by atoms with Gasteiger partial charge in [0.25, 0.3) is 0 Å². The monoisotopic (exact) mass is 192 g/mol. The Kier molecular flexibility index (Phi) is 9.98. The van der Waals surface area contributed by atoms with Crippen molar-refractivity contribution in [3.8, 4) is 0 Å². The third-order valence-electron chi connectivity index (χ3n) is 0.800. The van der Waals surface area contributed by atoms with Crippen LogP contribution in [0.5, 0.6) is 0 Å². The number of rotatable bonds is 3. The molecule has 78 valence electrons. The first-order chi connectivity index (χ1) is 5.90. The fourth-order valence-electron chi connectivity index (χ4n) is 0.454. The predicted octanol–water partition coefficient (Wildman–Crippen LogP) is 0.759. The zero-order valence-electron chi connectivity index (χ0n) is 8.11. The Morgan fingerprint density at radius 3 is 1.92 bits per heavy atom. The summed E-state index contributed by atoms with van der Waals surface area (Å²) in [6.07, 6.45) is 0.0486. The van der Waals surface area contributed by atoms with E-state index in [0.717, 1.165) is 6.42 Å². The quantitative estimate of drug-likeness (QED) is 0.509. The molecule has 0 aliphatic carbocycles. The molecule has 0 saturated carbocycles. The Hall–Kier alpha value is -1.10. The number of ether oxygens (including phenoxy) is 1. The number of aliphatic hydroxyl groups excluding tert-OH is 1. The Bertz CT molecular complexity index is 153. The largest absolute Gasteiger partial charge is 0.481 e. The summed E-state index contributed by atoms with van der Waals surface area (Å²) in [5.74, 6) is -1.17. The van der Waals surface area contributed by atoms with Crippen molar-refractivity contribution in [2.24, 2.45) is 0 Å². The second kappa shape index (κ2) is 8.99. The van der Waals surface area contributed by atoms with Crippen LogP contribution in [0.1, 0.15) is 33.6 Å². The van der Waals surface area contributed by atoms with Crippen LogP contribution in [0.4, 0.5) is 0 Å². The van der Waals surface area contributed by atoms with Crippen molar-refractivity contribution in [3.63, 3.8) is 0 Å². The molecule has 0 amide bonds. The molecule has 0 bridgehead atoms. The number of esters is 1. The number of carboxylic acids is 1. The van der Waals surface area contributed by atoms with Crippen molar-refractivity contribution in [2.75, 3.05) is 0 Å². The van der Waals surface area contributed by atoms with Gasteiger partial charge in [-0.1, -0.05) is 6.92 Å². The molecule has 0 fully saturated rings. The van der Waals surface area contributed by atoms with Gasteiger partial charge in [0.2, 0.25) is 0 Å². The van der Waals surface area contributed by atoms with Crippen LogP contribution < -0.4 is 0 Å². The van der Waals surface area contributed by atoms with Crippen LogP contribution >= 0.6 is 0 Å². The Morgan fingerprint density at radius 2 is 1.92 bits per heavy atom. The van der Waals surface area contributed by atoms with E-state index >= 15 is 0 Å². The lowest BCUT2D eigenvalue weighted by molar-refractivity contribution is -0.161. The van der Waals surface area contributed by atoms with Gasteiger partial charge in [0, 0.05) is 13.3 Å². The molecular formula is C8H16O5. The van der Waals surface area contributed by atoms with Gasteiger partial charge in [-0.25, -0.2) is 0 Å². The van der Waals surface area contributed by atoms with E-state index in [-0.39, 0.29) is 0 Å². The molecule has 13 heavy (non-hydrogen) atoms. The normalized spacial score (nSPS) is 10.8. The molecule has 0 aromatic rings. The minimum atomic E-state index is -0.975. The smallest absolute Gasteiger partial charge is 0.304 e. The Balaban J connectivity index is 0. The first kappa shape index (κ1) is 14.4. The van der Waals surface area contributed by atoms with Crippen LogP contribution in [0.15, 0.2) is 0 Å². The van der Waals surface area contributed by atoms with Gasteiger partial charge in [0.15, 0.2) is 6.29 Å². The zero-order chi connectivity index (χ0) is 10.9. The van der Waals surface area contributed by atoms with E-state index in [1.54, 1.807) is 0 Å². The molecule has 0 spiro atoms. The van der Waals surface area contributed by atoms with E-state index in [1.807, 2.05) is 6.92 Å². The van der Waals surface area contributed by atoms with Crippen LogP contribution in [-0.4, -0.2) is 28.4 Å². The van der Waals surface area contributed by atoms with Gasteiger partial charge < -0.3 is 14.9 Å². The molecular weight excluding hydrogens is 176 g/mol. The summed E-state index contributed by atoms with van der Waals surface area (Å²) in [5.41, 5.74) is 0. The number of carbonyl (C=O) groups excluding carboxylic acids is 1. The zero-order valence-corrected chi connectivity index (χ0v) is 8.11. The molecule has 0 saturated heterocycles.